The summed E-state index contributed by atoms with van der Waals surface area (Å²) in [4.78, 5) is 12.3. The van der Waals surface area contributed by atoms with E-state index in [9.17, 15) is 9.18 Å². The first-order chi connectivity index (χ1) is 15.0. The van der Waals surface area contributed by atoms with Crippen LogP contribution < -0.4 is 19.6 Å². The van der Waals surface area contributed by atoms with Gasteiger partial charge in [0.2, 0.25) is 0 Å². The minimum atomic E-state index is -0.388. The number of methoxy groups -OCH3 is 2. The Morgan fingerprint density at radius 2 is 1.77 bits per heavy atom. The molecular weight excluding hydrogens is 467 g/mol. The van der Waals surface area contributed by atoms with Gasteiger partial charge in [0.15, 0.2) is 11.5 Å². The Bertz CT molecular complexity index is 1100. The van der Waals surface area contributed by atoms with Crippen LogP contribution in [0.15, 0.2) is 70.2 Å². The molecule has 0 atom stereocenters. The van der Waals surface area contributed by atoms with Crippen molar-refractivity contribution in [2.24, 2.45) is 5.10 Å². The molecule has 0 unspecified atom stereocenters. The Balaban J connectivity index is 1.60. The van der Waals surface area contributed by atoms with Gasteiger partial charge in [-0.15, -0.1) is 0 Å². The van der Waals surface area contributed by atoms with Gasteiger partial charge in [0.25, 0.3) is 5.91 Å². The summed E-state index contributed by atoms with van der Waals surface area (Å²) in [6.45, 7) is 0.111. The standard InChI is InChI=1S/C23H20BrFN2O4/c1-29-21-10-8-16(12-22(21)30-2)23(28)27-26-13-15-7-9-20(18(24)11-15)31-14-17-5-3-4-6-19(17)25/h3-13H,14H2,1-2H3,(H,27,28)/b26-13+. The number of halogens is 2. The van der Waals surface area contributed by atoms with Crippen LogP contribution in [0.5, 0.6) is 17.2 Å². The van der Waals surface area contributed by atoms with Crippen LogP contribution in [0.1, 0.15) is 21.5 Å². The summed E-state index contributed by atoms with van der Waals surface area (Å²) in [7, 11) is 3.02. The number of benzene rings is 3. The number of ether oxygens (including phenoxy) is 3. The lowest BCUT2D eigenvalue weighted by Crippen LogP contribution is -2.17. The highest BCUT2D eigenvalue weighted by molar-refractivity contribution is 9.10. The highest BCUT2D eigenvalue weighted by Gasteiger charge is 2.10. The number of nitrogens with zero attached hydrogens (tertiary/aromatic N) is 1. The molecule has 0 saturated carbocycles. The first kappa shape index (κ1) is 22.3. The second-order valence-electron chi connectivity index (χ2n) is 6.34. The van der Waals surface area contributed by atoms with Crippen LogP contribution in [0, 0.1) is 5.82 Å². The molecular formula is C23H20BrFN2O4. The van der Waals surface area contributed by atoms with Gasteiger partial charge in [-0.3, -0.25) is 4.79 Å². The average Bonchev–Trinajstić information content (AvgIpc) is 2.79. The molecule has 0 radical (unpaired) electrons. The Morgan fingerprint density at radius 1 is 1.03 bits per heavy atom. The molecule has 0 spiro atoms. The number of hydrazone groups is 1. The Morgan fingerprint density at radius 3 is 2.48 bits per heavy atom. The summed E-state index contributed by atoms with van der Waals surface area (Å²) >= 11 is 3.43. The number of amides is 1. The second kappa shape index (κ2) is 10.6. The zero-order valence-electron chi connectivity index (χ0n) is 16.9. The van der Waals surface area contributed by atoms with E-state index in [0.717, 1.165) is 5.56 Å². The zero-order valence-corrected chi connectivity index (χ0v) is 18.5. The second-order valence-corrected chi connectivity index (χ2v) is 7.19. The molecule has 3 aromatic rings. The molecule has 0 aliphatic heterocycles. The van der Waals surface area contributed by atoms with Gasteiger partial charge in [0, 0.05) is 11.1 Å². The van der Waals surface area contributed by atoms with Gasteiger partial charge in [-0.1, -0.05) is 18.2 Å². The van der Waals surface area contributed by atoms with E-state index < -0.39 is 0 Å². The quantitative estimate of drug-likeness (QED) is 0.361. The van der Waals surface area contributed by atoms with Gasteiger partial charge in [0.05, 0.1) is 24.9 Å². The summed E-state index contributed by atoms with van der Waals surface area (Å²) in [5.74, 6) is 0.849. The van der Waals surface area contributed by atoms with Crippen LogP contribution in [-0.2, 0) is 6.61 Å². The van der Waals surface area contributed by atoms with Gasteiger partial charge in [0.1, 0.15) is 18.2 Å². The number of hydrogen-bond donors (Lipinski definition) is 1. The third kappa shape index (κ3) is 5.82. The lowest BCUT2D eigenvalue weighted by Gasteiger charge is -2.09. The summed E-state index contributed by atoms with van der Waals surface area (Å²) < 4.78 is 30.4. The SMILES string of the molecule is COc1ccc(C(=O)N/N=C/c2ccc(OCc3ccccc3F)c(Br)c2)cc1OC. The van der Waals surface area contributed by atoms with Gasteiger partial charge in [-0.05, 0) is 64.0 Å². The van der Waals surface area contributed by atoms with Crippen LogP contribution >= 0.6 is 15.9 Å². The highest BCUT2D eigenvalue weighted by Crippen LogP contribution is 2.28. The smallest absolute Gasteiger partial charge is 0.271 e. The average molecular weight is 487 g/mol. The van der Waals surface area contributed by atoms with Crippen molar-refractivity contribution in [2.75, 3.05) is 14.2 Å². The van der Waals surface area contributed by atoms with E-state index in [1.54, 1.807) is 54.6 Å². The van der Waals surface area contributed by atoms with E-state index in [2.05, 4.69) is 26.5 Å². The third-order valence-electron chi connectivity index (χ3n) is 4.32. The topological polar surface area (TPSA) is 69.2 Å². The largest absolute Gasteiger partial charge is 0.493 e. The predicted molar refractivity (Wildman–Crippen MR) is 119 cm³/mol. The van der Waals surface area contributed by atoms with Crippen LogP contribution in [0.3, 0.4) is 0 Å². The van der Waals surface area contributed by atoms with Crippen molar-refractivity contribution in [3.8, 4) is 17.2 Å². The molecule has 1 N–H and O–H groups in total. The first-order valence-electron chi connectivity index (χ1n) is 9.23. The van der Waals surface area contributed by atoms with Crippen molar-refractivity contribution >= 4 is 28.1 Å². The Hall–Kier alpha value is -3.39. The fourth-order valence-electron chi connectivity index (χ4n) is 2.69. The molecule has 0 aliphatic carbocycles. The van der Waals surface area contributed by atoms with Crippen molar-refractivity contribution in [1.29, 1.82) is 0 Å². The third-order valence-corrected chi connectivity index (χ3v) is 4.94. The van der Waals surface area contributed by atoms with Gasteiger partial charge < -0.3 is 14.2 Å². The molecule has 160 valence electrons. The van der Waals surface area contributed by atoms with Crippen LogP contribution in [0.4, 0.5) is 4.39 Å². The zero-order chi connectivity index (χ0) is 22.2. The summed E-state index contributed by atoms with van der Waals surface area (Å²) in [5.41, 5.74) is 4.06. The van der Waals surface area contributed by atoms with Crippen molar-refractivity contribution in [1.82, 2.24) is 5.43 Å². The molecule has 31 heavy (non-hydrogen) atoms. The Labute approximate surface area is 187 Å². The number of hydrogen-bond acceptors (Lipinski definition) is 5. The maximum atomic E-state index is 13.7. The minimum Gasteiger partial charge on any atom is -0.493 e. The number of nitrogens with one attached hydrogen (secondary N) is 1. The molecule has 0 saturated heterocycles. The molecule has 8 heteroatoms. The molecule has 3 rings (SSSR count). The fourth-order valence-corrected chi connectivity index (χ4v) is 3.20. The van der Waals surface area contributed by atoms with Crippen LogP contribution in [0.25, 0.3) is 0 Å². The molecule has 1 amide bonds. The lowest BCUT2D eigenvalue weighted by molar-refractivity contribution is 0.0954. The van der Waals surface area contributed by atoms with Gasteiger partial charge >= 0.3 is 0 Å². The number of carbonyl (C=O) groups excluding carboxylic acids is 1. The van der Waals surface area contributed by atoms with E-state index in [1.165, 1.54) is 26.5 Å². The van der Waals surface area contributed by atoms with E-state index in [4.69, 9.17) is 14.2 Å². The molecule has 3 aromatic carbocycles. The molecule has 6 nitrogen and oxygen atoms in total. The van der Waals surface area contributed by atoms with Crippen molar-refractivity contribution in [2.45, 2.75) is 6.61 Å². The van der Waals surface area contributed by atoms with E-state index >= 15 is 0 Å². The highest BCUT2D eigenvalue weighted by atomic mass is 79.9. The fraction of sp³-hybridized carbons (Fsp3) is 0.130. The molecule has 0 heterocycles. The Kier molecular flexibility index (Phi) is 7.61. The number of rotatable bonds is 8. The summed E-state index contributed by atoms with van der Waals surface area (Å²) in [6.07, 6.45) is 1.50. The van der Waals surface area contributed by atoms with E-state index in [0.29, 0.717) is 32.8 Å². The molecule has 0 bridgehead atoms. The molecule has 0 aliphatic rings. The molecule has 0 fully saturated rings. The normalized spacial score (nSPS) is 10.7. The monoisotopic (exact) mass is 486 g/mol. The van der Waals surface area contributed by atoms with Crippen LogP contribution in [-0.4, -0.2) is 26.3 Å². The number of carbonyl (C=O) groups is 1. The van der Waals surface area contributed by atoms with Gasteiger partial charge in [-0.25, -0.2) is 9.82 Å². The van der Waals surface area contributed by atoms with Crippen molar-refractivity contribution < 1.29 is 23.4 Å². The first-order valence-corrected chi connectivity index (χ1v) is 10.0. The van der Waals surface area contributed by atoms with Crippen LogP contribution in [0.2, 0.25) is 0 Å². The maximum Gasteiger partial charge on any atom is 0.271 e. The van der Waals surface area contributed by atoms with E-state index in [-0.39, 0.29) is 18.3 Å². The maximum absolute atomic E-state index is 13.7. The predicted octanol–water partition coefficient (Wildman–Crippen LogP) is 4.95. The summed E-state index contributed by atoms with van der Waals surface area (Å²) in [5, 5.41) is 3.98. The molecule has 0 aromatic heterocycles. The van der Waals surface area contributed by atoms with Crippen molar-refractivity contribution in [3.05, 3.63) is 87.6 Å². The minimum absolute atomic E-state index is 0.111. The van der Waals surface area contributed by atoms with E-state index in [1.807, 2.05) is 0 Å². The van der Waals surface area contributed by atoms with Gasteiger partial charge in [-0.2, -0.15) is 5.10 Å². The lowest BCUT2D eigenvalue weighted by atomic mass is 10.2. The van der Waals surface area contributed by atoms with Crippen molar-refractivity contribution in [3.63, 3.8) is 0 Å². The summed E-state index contributed by atoms with van der Waals surface area (Å²) in [6, 6.07) is 16.6.